The molecule has 2 aliphatic rings. The third-order valence-corrected chi connectivity index (χ3v) is 5.74. The summed E-state index contributed by atoms with van der Waals surface area (Å²) in [5.41, 5.74) is 0.903. The monoisotopic (exact) mass is 354 g/mol. The number of halogens is 2. The van der Waals surface area contributed by atoms with Crippen molar-refractivity contribution in [1.29, 1.82) is 0 Å². The van der Waals surface area contributed by atoms with Crippen molar-refractivity contribution >= 4 is 15.9 Å². The van der Waals surface area contributed by atoms with Crippen LogP contribution in [0.5, 0.6) is 0 Å². The second-order valence-electron chi connectivity index (χ2n) is 6.79. The van der Waals surface area contributed by atoms with Crippen molar-refractivity contribution in [2.24, 2.45) is 5.92 Å². The topological polar surface area (TPSA) is 15.3 Å². The average Bonchev–Trinajstić information content (AvgIpc) is 3.30. The lowest BCUT2D eigenvalue weighted by atomic mass is 9.90. The molecule has 1 heterocycles. The van der Waals surface area contributed by atoms with Crippen molar-refractivity contribution in [1.82, 2.24) is 10.2 Å². The summed E-state index contributed by atoms with van der Waals surface area (Å²) in [7, 11) is 0. The molecule has 1 aromatic rings. The fourth-order valence-corrected chi connectivity index (χ4v) is 3.68. The highest BCUT2D eigenvalue weighted by molar-refractivity contribution is 9.10. The van der Waals surface area contributed by atoms with E-state index < -0.39 is 0 Å². The Morgan fingerprint density at radius 1 is 1.43 bits per heavy atom. The van der Waals surface area contributed by atoms with Gasteiger partial charge in [0.1, 0.15) is 5.82 Å². The van der Waals surface area contributed by atoms with Gasteiger partial charge in [0.05, 0.1) is 0 Å². The normalized spacial score (nSPS) is 30.6. The highest BCUT2D eigenvalue weighted by atomic mass is 79.9. The molecule has 0 amide bonds. The number of benzene rings is 1. The number of rotatable bonds is 4. The molecule has 0 spiro atoms. The van der Waals surface area contributed by atoms with Crippen LogP contribution in [0.1, 0.15) is 38.7 Å². The van der Waals surface area contributed by atoms with Crippen LogP contribution in [-0.4, -0.2) is 29.6 Å². The molecule has 1 aromatic carbocycles. The second-order valence-corrected chi connectivity index (χ2v) is 7.71. The first-order chi connectivity index (χ1) is 10.0. The Bertz CT molecular complexity index is 518. The SMILES string of the molecule is CCC1(C)CNC(C2CC2)CN1Cc1cc(Br)ccc1F. The number of piperazine rings is 1. The van der Waals surface area contributed by atoms with E-state index in [0.29, 0.717) is 12.6 Å². The van der Waals surface area contributed by atoms with Crippen LogP contribution in [0.25, 0.3) is 0 Å². The van der Waals surface area contributed by atoms with Gasteiger partial charge in [-0.3, -0.25) is 4.90 Å². The van der Waals surface area contributed by atoms with Gasteiger partial charge < -0.3 is 5.32 Å². The molecule has 1 saturated carbocycles. The van der Waals surface area contributed by atoms with E-state index in [4.69, 9.17) is 0 Å². The molecular weight excluding hydrogens is 331 g/mol. The maximum atomic E-state index is 14.1. The van der Waals surface area contributed by atoms with E-state index in [2.05, 4.69) is 40.0 Å². The molecular formula is C17H24BrFN2. The minimum Gasteiger partial charge on any atom is -0.311 e. The molecule has 0 aromatic heterocycles. The lowest BCUT2D eigenvalue weighted by Gasteiger charge is -2.48. The third-order valence-electron chi connectivity index (χ3n) is 5.25. The van der Waals surface area contributed by atoms with Gasteiger partial charge in [-0.05, 0) is 50.3 Å². The van der Waals surface area contributed by atoms with Crippen LogP contribution in [0.3, 0.4) is 0 Å². The van der Waals surface area contributed by atoms with Gasteiger partial charge in [-0.2, -0.15) is 0 Å². The van der Waals surface area contributed by atoms with Crippen LogP contribution in [0.2, 0.25) is 0 Å². The molecule has 21 heavy (non-hydrogen) atoms. The van der Waals surface area contributed by atoms with Gasteiger partial charge in [-0.1, -0.05) is 22.9 Å². The Kier molecular flexibility index (Phi) is 4.40. The van der Waals surface area contributed by atoms with E-state index in [-0.39, 0.29) is 11.4 Å². The molecule has 116 valence electrons. The van der Waals surface area contributed by atoms with Crippen LogP contribution in [0.15, 0.2) is 22.7 Å². The molecule has 2 nitrogen and oxygen atoms in total. The van der Waals surface area contributed by atoms with Gasteiger partial charge in [-0.25, -0.2) is 4.39 Å². The first-order valence-electron chi connectivity index (χ1n) is 7.94. The van der Waals surface area contributed by atoms with E-state index in [1.165, 1.54) is 12.8 Å². The fraction of sp³-hybridized carbons (Fsp3) is 0.647. The minimum atomic E-state index is -0.0989. The molecule has 3 rings (SSSR count). The van der Waals surface area contributed by atoms with Crippen molar-refractivity contribution in [2.45, 2.75) is 51.2 Å². The van der Waals surface area contributed by atoms with Gasteiger partial charge >= 0.3 is 0 Å². The maximum absolute atomic E-state index is 14.1. The quantitative estimate of drug-likeness (QED) is 0.880. The van der Waals surface area contributed by atoms with Crippen LogP contribution in [0.4, 0.5) is 4.39 Å². The Hall–Kier alpha value is -0.450. The Balaban J connectivity index is 1.79. The molecule has 1 saturated heterocycles. The van der Waals surface area contributed by atoms with Crippen molar-refractivity contribution in [3.8, 4) is 0 Å². The first-order valence-corrected chi connectivity index (χ1v) is 8.73. The van der Waals surface area contributed by atoms with Gasteiger partial charge in [0.15, 0.2) is 0 Å². The zero-order valence-corrected chi connectivity index (χ0v) is 14.4. The fourth-order valence-electron chi connectivity index (χ4n) is 3.27. The lowest BCUT2D eigenvalue weighted by Crippen LogP contribution is -2.63. The number of nitrogens with one attached hydrogen (secondary N) is 1. The zero-order valence-electron chi connectivity index (χ0n) is 12.8. The number of nitrogens with zero attached hydrogens (tertiary/aromatic N) is 1. The second kappa shape index (κ2) is 5.98. The molecule has 4 heteroatoms. The third kappa shape index (κ3) is 3.33. The van der Waals surface area contributed by atoms with E-state index >= 15 is 0 Å². The molecule has 0 radical (unpaired) electrons. The Morgan fingerprint density at radius 3 is 2.86 bits per heavy atom. The summed E-state index contributed by atoms with van der Waals surface area (Å²) < 4.78 is 15.0. The summed E-state index contributed by atoms with van der Waals surface area (Å²) in [6, 6.07) is 5.82. The van der Waals surface area contributed by atoms with E-state index in [1.807, 2.05) is 6.07 Å². The van der Waals surface area contributed by atoms with E-state index in [0.717, 1.165) is 35.5 Å². The molecule has 0 bridgehead atoms. The summed E-state index contributed by atoms with van der Waals surface area (Å²) in [4.78, 5) is 2.48. The predicted octanol–water partition coefficient (Wildman–Crippen LogP) is 3.94. The summed E-state index contributed by atoms with van der Waals surface area (Å²) >= 11 is 3.45. The standard InChI is InChI=1S/C17H24BrFN2/c1-3-17(2)11-20-16(12-4-5-12)10-21(17)9-13-8-14(18)6-7-15(13)19/h6-8,12,16,20H,3-5,9-11H2,1-2H3. The maximum Gasteiger partial charge on any atom is 0.127 e. The van der Waals surface area contributed by atoms with Gasteiger partial charge in [0.25, 0.3) is 0 Å². The zero-order chi connectivity index (χ0) is 15.0. The molecule has 2 fully saturated rings. The first kappa shape index (κ1) is 15.4. The van der Waals surface area contributed by atoms with Crippen LogP contribution < -0.4 is 5.32 Å². The molecule has 1 aliphatic heterocycles. The van der Waals surface area contributed by atoms with Gasteiger partial charge in [0.2, 0.25) is 0 Å². The predicted molar refractivity (Wildman–Crippen MR) is 87.7 cm³/mol. The van der Waals surface area contributed by atoms with E-state index in [1.54, 1.807) is 12.1 Å². The molecule has 1 aliphatic carbocycles. The molecule has 2 atom stereocenters. The van der Waals surface area contributed by atoms with E-state index in [9.17, 15) is 4.39 Å². The van der Waals surface area contributed by atoms with Crippen LogP contribution in [0, 0.1) is 11.7 Å². The van der Waals surface area contributed by atoms with Crippen LogP contribution >= 0.6 is 15.9 Å². The number of hydrogen-bond donors (Lipinski definition) is 1. The Morgan fingerprint density at radius 2 is 2.19 bits per heavy atom. The molecule has 1 N–H and O–H groups in total. The smallest absolute Gasteiger partial charge is 0.127 e. The van der Waals surface area contributed by atoms with Gasteiger partial charge in [-0.15, -0.1) is 0 Å². The summed E-state index contributed by atoms with van der Waals surface area (Å²) in [6.45, 7) is 7.24. The average molecular weight is 355 g/mol. The van der Waals surface area contributed by atoms with Crippen molar-refractivity contribution in [3.05, 3.63) is 34.1 Å². The number of hydrogen-bond acceptors (Lipinski definition) is 2. The van der Waals surface area contributed by atoms with Crippen LogP contribution in [-0.2, 0) is 6.54 Å². The minimum absolute atomic E-state index is 0.0989. The largest absolute Gasteiger partial charge is 0.311 e. The lowest BCUT2D eigenvalue weighted by molar-refractivity contribution is 0.0360. The Labute approximate surface area is 135 Å². The highest BCUT2D eigenvalue weighted by Gasteiger charge is 2.41. The van der Waals surface area contributed by atoms with Crippen molar-refractivity contribution < 1.29 is 4.39 Å². The molecule has 2 unspecified atom stereocenters. The summed E-state index contributed by atoms with van der Waals surface area (Å²) in [6.07, 6.45) is 3.77. The highest BCUT2D eigenvalue weighted by Crippen LogP contribution is 2.37. The van der Waals surface area contributed by atoms with Crippen molar-refractivity contribution in [3.63, 3.8) is 0 Å². The summed E-state index contributed by atoms with van der Waals surface area (Å²) in [5.74, 6) is 0.736. The van der Waals surface area contributed by atoms with Gasteiger partial charge in [0, 0.05) is 41.3 Å². The summed E-state index contributed by atoms with van der Waals surface area (Å²) in [5, 5.41) is 3.72. The van der Waals surface area contributed by atoms with Crippen molar-refractivity contribution in [2.75, 3.05) is 13.1 Å².